The highest BCUT2D eigenvalue weighted by molar-refractivity contribution is 9.10. The largest absolute Gasteiger partial charge is 0.416 e. The first kappa shape index (κ1) is 21.6. The van der Waals surface area contributed by atoms with Gasteiger partial charge in [0.1, 0.15) is 5.78 Å². The summed E-state index contributed by atoms with van der Waals surface area (Å²) >= 11 is 4.70. The normalized spacial score (nSPS) is 12.1. The lowest BCUT2D eigenvalue weighted by molar-refractivity contribution is -0.137. The summed E-state index contributed by atoms with van der Waals surface area (Å²) in [5.41, 5.74) is 1.04. The minimum Gasteiger partial charge on any atom is -0.319 e. The van der Waals surface area contributed by atoms with Crippen molar-refractivity contribution in [2.75, 3.05) is 7.05 Å². The number of alkyl halides is 3. The van der Waals surface area contributed by atoms with Crippen LogP contribution >= 0.6 is 27.9 Å². The standard InChI is InChI=1S/C20H19BrF3NOS/c1-3-18(26)13-17(12-14-5-4-6-16(21)11-14)25(2)27-19-9-7-15(8-10-19)20(22,23)24/h4-12H,3,13H2,1-2H3/b17-12-. The van der Waals surface area contributed by atoms with Gasteiger partial charge >= 0.3 is 6.18 Å². The lowest BCUT2D eigenvalue weighted by Gasteiger charge is -2.21. The Hall–Kier alpha value is -1.73. The zero-order valence-corrected chi connectivity index (χ0v) is 17.3. The molecule has 2 aromatic carbocycles. The summed E-state index contributed by atoms with van der Waals surface area (Å²) in [6.07, 6.45) is -1.76. The molecule has 0 fully saturated rings. The molecule has 0 radical (unpaired) electrons. The van der Waals surface area contributed by atoms with Crippen LogP contribution in [0.2, 0.25) is 0 Å². The van der Waals surface area contributed by atoms with Gasteiger partial charge in [-0.05, 0) is 60.0 Å². The van der Waals surface area contributed by atoms with Crippen molar-refractivity contribution in [2.24, 2.45) is 0 Å². The maximum absolute atomic E-state index is 12.7. The molecule has 2 rings (SSSR count). The Labute approximate surface area is 169 Å². The predicted octanol–water partition coefficient (Wildman–Crippen LogP) is 6.82. The summed E-state index contributed by atoms with van der Waals surface area (Å²) in [5, 5.41) is 0. The van der Waals surface area contributed by atoms with Crippen LogP contribution < -0.4 is 0 Å². The van der Waals surface area contributed by atoms with Gasteiger partial charge in [-0.15, -0.1) is 0 Å². The van der Waals surface area contributed by atoms with Gasteiger partial charge in [0.15, 0.2) is 0 Å². The van der Waals surface area contributed by atoms with Crippen LogP contribution in [0, 0.1) is 0 Å². The van der Waals surface area contributed by atoms with Crippen molar-refractivity contribution in [3.63, 3.8) is 0 Å². The molecule has 0 aliphatic rings. The van der Waals surface area contributed by atoms with Gasteiger partial charge in [0, 0.05) is 35.0 Å². The number of carbonyl (C=O) groups excluding carboxylic acids is 1. The first-order chi connectivity index (χ1) is 12.7. The summed E-state index contributed by atoms with van der Waals surface area (Å²) in [6.45, 7) is 1.81. The molecule has 0 atom stereocenters. The Morgan fingerprint density at radius 1 is 1.19 bits per heavy atom. The maximum atomic E-state index is 12.7. The lowest BCUT2D eigenvalue weighted by atomic mass is 10.1. The van der Waals surface area contributed by atoms with E-state index in [1.807, 2.05) is 41.6 Å². The third kappa shape index (κ3) is 6.74. The lowest BCUT2D eigenvalue weighted by Crippen LogP contribution is -2.12. The fourth-order valence-electron chi connectivity index (χ4n) is 2.29. The second kappa shape index (κ2) is 9.46. The van der Waals surface area contributed by atoms with Gasteiger partial charge in [-0.25, -0.2) is 0 Å². The van der Waals surface area contributed by atoms with E-state index in [-0.39, 0.29) is 12.2 Å². The monoisotopic (exact) mass is 457 g/mol. The second-order valence-corrected chi connectivity index (χ2v) is 7.99. The topological polar surface area (TPSA) is 20.3 Å². The first-order valence-corrected chi connectivity index (χ1v) is 9.82. The Morgan fingerprint density at radius 2 is 1.85 bits per heavy atom. The van der Waals surface area contributed by atoms with Crippen LogP contribution in [-0.2, 0) is 11.0 Å². The van der Waals surface area contributed by atoms with Gasteiger partial charge in [-0.1, -0.05) is 35.0 Å². The molecule has 0 N–H and O–H groups in total. The molecule has 0 amide bonds. The van der Waals surface area contributed by atoms with Crippen LogP contribution in [0.3, 0.4) is 0 Å². The van der Waals surface area contributed by atoms with Gasteiger partial charge in [0.25, 0.3) is 0 Å². The van der Waals surface area contributed by atoms with E-state index in [9.17, 15) is 18.0 Å². The summed E-state index contributed by atoms with van der Waals surface area (Å²) < 4.78 is 40.8. The zero-order valence-electron chi connectivity index (χ0n) is 14.9. The SMILES string of the molecule is CCC(=O)C/C(=C/c1cccc(Br)c1)N(C)Sc1ccc(C(F)(F)F)cc1. The minimum atomic E-state index is -4.35. The third-order valence-electron chi connectivity index (χ3n) is 3.78. The van der Waals surface area contributed by atoms with Crippen LogP contribution in [0.1, 0.15) is 30.9 Å². The van der Waals surface area contributed by atoms with Crippen molar-refractivity contribution in [3.8, 4) is 0 Å². The Balaban J connectivity index is 2.23. The molecule has 0 aliphatic carbocycles. The van der Waals surface area contributed by atoms with Crippen LogP contribution in [-0.4, -0.2) is 17.1 Å². The van der Waals surface area contributed by atoms with E-state index < -0.39 is 11.7 Å². The Bertz CT molecular complexity index is 819. The number of hydrogen-bond acceptors (Lipinski definition) is 3. The van der Waals surface area contributed by atoms with Crippen molar-refractivity contribution >= 4 is 39.7 Å². The molecular formula is C20H19BrF3NOS. The number of hydrogen-bond donors (Lipinski definition) is 0. The molecule has 0 spiro atoms. The number of nitrogens with zero attached hydrogens (tertiary/aromatic N) is 1. The number of rotatable bonds is 7. The minimum absolute atomic E-state index is 0.0936. The zero-order chi connectivity index (χ0) is 20.0. The van der Waals surface area contributed by atoms with E-state index >= 15 is 0 Å². The number of carbonyl (C=O) groups is 1. The van der Waals surface area contributed by atoms with Crippen molar-refractivity contribution in [2.45, 2.75) is 30.8 Å². The van der Waals surface area contributed by atoms with E-state index in [2.05, 4.69) is 15.9 Å². The fourth-order valence-corrected chi connectivity index (χ4v) is 3.52. The molecule has 2 nitrogen and oxygen atoms in total. The number of benzene rings is 2. The van der Waals surface area contributed by atoms with Gasteiger partial charge in [-0.3, -0.25) is 4.79 Å². The van der Waals surface area contributed by atoms with Gasteiger partial charge in [0.05, 0.1) is 5.56 Å². The molecule has 0 unspecified atom stereocenters. The van der Waals surface area contributed by atoms with Crippen LogP contribution in [0.4, 0.5) is 13.2 Å². The second-order valence-electron chi connectivity index (χ2n) is 5.87. The average molecular weight is 458 g/mol. The molecule has 7 heteroatoms. The van der Waals surface area contributed by atoms with E-state index in [1.165, 1.54) is 24.1 Å². The Morgan fingerprint density at radius 3 is 2.41 bits per heavy atom. The third-order valence-corrected chi connectivity index (χ3v) is 5.27. The number of Topliss-reactive ketones (excluding diaryl/α,β-unsaturated/α-hetero) is 1. The summed E-state index contributed by atoms with van der Waals surface area (Å²) in [4.78, 5) is 12.6. The molecule has 0 heterocycles. The smallest absolute Gasteiger partial charge is 0.319 e. The highest BCUT2D eigenvalue weighted by Crippen LogP contribution is 2.33. The summed E-state index contributed by atoms with van der Waals surface area (Å²) in [6, 6.07) is 12.7. The fraction of sp³-hybridized carbons (Fsp3) is 0.250. The molecule has 0 saturated carbocycles. The molecule has 0 bridgehead atoms. The molecule has 144 valence electrons. The number of halogens is 4. The molecule has 0 aromatic heterocycles. The van der Waals surface area contributed by atoms with E-state index in [1.54, 1.807) is 7.05 Å². The van der Waals surface area contributed by atoms with E-state index in [0.717, 1.165) is 27.9 Å². The summed E-state index contributed by atoms with van der Waals surface area (Å²) in [5.74, 6) is 0.0936. The average Bonchev–Trinajstić information content (AvgIpc) is 2.60. The summed E-state index contributed by atoms with van der Waals surface area (Å²) in [7, 11) is 1.80. The Kier molecular flexibility index (Phi) is 7.56. The van der Waals surface area contributed by atoms with Crippen LogP contribution in [0.25, 0.3) is 6.08 Å². The van der Waals surface area contributed by atoms with Crippen molar-refractivity contribution in [3.05, 3.63) is 69.8 Å². The quantitative estimate of drug-likeness (QED) is 0.425. The van der Waals surface area contributed by atoms with Gasteiger partial charge < -0.3 is 4.31 Å². The molecule has 0 aliphatic heterocycles. The highest BCUT2D eigenvalue weighted by atomic mass is 79.9. The molecular weight excluding hydrogens is 439 g/mol. The molecule has 27 heavy (non-hydrogen) atoms. The predicted molar refractivity (Wildman–Crippen MR) is 107 cm³/mol. The highest BCUT2D eigenvalue weighted by Gasteiger charge is 2.30. The van der Waals surface area contributed by atoms with Crippen molar-refractivity contribution in [1.29, 1.82) is 0 Å². The van der Waals surface area contributed by atoms with Gasteiger partial charge in [-0.2, -0.15) is 13.2 Å². The molecule has 0 saturated heterocycles. The number of allylic oxidation sites excluding steroid dienone is 1. The van der Waals surface area contributed by atoms with Gasteiger partial charge in [0.2, 0.25) is 0 Å². The van der Waals surface area contributed by atoms with Crippen molar-refractivity contribution in [1.82, 2.24) is 4.31 Å². The van der Waals surface area contributed by atoms with E-state index in [0.29, 0.717) is 11.3 Å². The maximum Gasteiger partial charge on any atom is 0.416 e. The van der Waals surface area contributed by atoms with E-state index in [4.69, 9.17) is 0 Å². The molecule has 2 aromatic rings. The van der Waals surface area contributed by atoms with Crippen molar-refractivity contribution < 1.29 is 18.0 Å². The van der Waals surface area contributed by atoms with Crippen LogP contribution in [0.15, 0.2) is 63.6 Å². The van der Waals surface area contributed by atoms with Crippen LogP contribution in [0.5, 0.6) is 0 Å². The first-order valence-electron chi connectivity index (χ1n) is 8.26. The number of ketones is 1.